The molecule has 0 aromatic carbocycles. The summed E-state index contributed by atoms with van der Waals surface area (Å²) in [5.41, 5.74) is 5.21. The van der Waals surface area contributed by atoms with E-state index >= 15 is 0 Å². The molecule has 1 rings (SSSR count). The lowest BCUT2D eigenvalue weighted by Crippen LogP contribution is -2.63. The Hall–Kier alpha value is -0.210. The van der Waals surface area contributed by atoms with Crippen LogP contribution in [0.2, 0.25) is 0 Å². The van der Waals surface area contributed by atoms with Crippen LogP contribution in [-0.4, -0.2) is 52.1 Å². The lowest BCUT2D eigenvalue weighted by atomic mass is 9.65. The number of methoxy groups -OCH3 is 1. The van der Waals surface area contributed by atoms with E-state index in [4.69, 9.17) is 10.5 Å². The molecule has 1 fully saturated rings. The van der Waals surface area contributed by atoms with Crippen LogP contribution in [0, 0.1) is 5.41 Å². The van der Waals surface area contributed by atoms with E-state index in [2.05, 4.69) is 4.72 Å². The molecule has 0 saturated heterocycles. The molecule has 0 aromatic rings. The highest BCUT2D eigenvalue weighted by Gasteiger charge is 2.50. The fourth-order valence-corrected chi connectivity index (χ4v) is 3.50. The van der Waals surface area contributed by atoms with Crippen LogP contribution in [0.3, 0.4) is 0 Å². The summed E-state index contributed by atoms with van der Waals surface area (Å²) >= 11 is 0. The molecule has 0 amide bonds. The Balaban J connectivity index is 2.57. The van der Waals surface area contributed by atoms with Crippen molar-refractivity contribution in [3.63, 3.8) is 0 Å². The summed E-state index contributed by atoms with van der Waals surface area (Å²) in [5.74, 6) is 0. The molecule has 18 heavy (non-hydrogen) atoms. The molecule has 3 N–H and O–H groups in total. The fraction of sp³-hybridized carbons (Fsp3) is 1.00. The minimum atomic E-state index is -3.42. The van der Waals surface area contributed by atoms with Gasteiger partial charge >= 0.3 is 0 Å². The Bertz CT molecular complexity index is 370. The molecule has 0 radical (unpaired) electrons. The largest absolute Gasteiger partial charge is 0.381 e. The summed E-state index contributed by atoms with van der Waals surface area (Å²) in [6.45, 7) is 4.95. The number of rotatable bonds is 7. The van der Waals surface area contributed by atoms with Gasteiger partial charge in [0, 0.05) is 32.2 Å². The van der Waals surface area contributed by atoms with Gasteiger partial charge in [0.15, 0.2) is 0 Å². The van der Waals surface area contributed by atoms with E-state index < -0.39 is 10.2 Å². The molecule has 2 unspecified atom stereocenters. The van der Waals surface area contributed by atoms with Gasteiger partial charge in [0.2, 0.25) is 0 Å². The van der Waals surface area contributed by atoms with Gasteiger partial charge < -0.3 is 10.5 Å². The van der Waals surface area contributed by atoms with Crippen molar-refractivity contribution in [2.24, 2.45) is 11.1 Å². The predicted molar refractivity (Wildman–Crippen MR) is 71.3 cm³/mol. The average molecular weight is 279 g/mol. The summed E-state index contributed by atoms with van der Waals surface area (Å²) in [4.78, 5) is 0. The molecular weight excluding hydrogens is 254 g/mol. The van der Waals surface area contributed by atoms with Gasteiger partial charge in [0.25, 0.3) is 10.2 Å². The summed E-state index contributed by atoms with van der Waals surface area (Å²) in [5, 5.41) is 0. The lowest BCUT2D eigenvalue weighted by molar-refractivity contribution is -0.0911. The van der Waals surface area contributed by atoms with Crippen LogP contribution in [0.25, 0.3) is 0 Å². The third-order valence-electron chi connectivity index (χ3n) is 3.84. The number of hydrogen-bond donors (Lipinski definition) is 2. The van der Waals surface area contributed by atoms with Crippen molar-refractivity contribution in [2.45, 2.75) is 38.8 Å². The molecule has 0 bridgehead atoms. The van der Waals surface area contributed by atoms with Crippen molar-refractivity contribution in [3.05, 3.63) is 0 Å². The first-order valence-electron chi connectivity index (χ1n) is 6.22. The maximum absolute atomic E-state index is 12.1. The van der Waals surface area contributed by atoms with Crippen LogP contribution < -0.4 is 10.5 Å². The topological polar surface area (TPSA) is 84.7 Å². The molecule has 1 aliphatic rings. The van der Waals surface area contributed by atoms with E-state index in [1.54, 1.807) is 14.2 Å². The zero-order valence-corrected chi connectivity index (χ0v) is 12.5. The van der Waals surface area contributed by atoms with Crippen molar-refractivity contribution >= 4 is 10.2 Å². The number of ether oxygens (including phenoxy) is 1. The second-order valence-corrected chi connectivity index (χ2v) is 7.23. The van der Waals surface area contributed by atoms with Crippen molar-refractivity contribution < 1.29 is 13.2 Å². The standard InChI is InChI=1S/C11H25N3O3S/c1-11(2)9(8-10(11)17-4)13-18(15,16)14(3)7-5-6-12/h9-10,13H,5-8,12H2,1-4H3. The van der Waals surface area contributed by atoms with Gasteiger partial charge in [0.05, 0.1) is 6.10 Å². The number of nitrogens with zero attached hydrogens (tertiary/aromatic N) is 1. The smallest absolute Gasteiger partial charge is 0.279 e. The van der Waals surface area contributed by atoms with E-state index in [0.717, 1.165) is 0 Å². The molecule has 0 aliphatic heterocycles. The summed E-state index contributed by atoms with van der Waals surface area (Å²) in [6, 6.07) is -0.0761. The van der Waals surface area contributed by atoms with Crippen molar-refractivity contribution in [2.75, 3.05) is 27.2 Å². The normalized spacial score (nSPS) is 27.2. The van der Waals surface area contributed by atoms with Crippen LogP contribution in [0.15, 0.2) is 0 Å². The molecule has 0 heterocycles. The molecule has 7 heteroatoms. The molecular formula is C11H25N3O3S. The van der Waals surface area contributed by atoms with Crippen LogP contribution in [-0.2, 0) is 14.9 Å². The molecule has 0 spiro atoms. The van der Waals surface area contributed by atoms with Gasteiger partial charge in [-0.3, -0.25) is 0 Å². The summed E-state index contributed by atoms with van der Waals surface area (Å²) < 4.78 is 33.5. The number of nitrogens with two attached hydrogens (primary N) is 1. The Labute approximate surface area is 110 Å². The van der Waals surface area contributed by atoms with E-state index in [1.807, 2.05) is 13.8 Å². The van der Waals surface area contributed by atoms with Crippen molar-refractivity contribution in [1.29, 1.82) is 0 Å². The van der Waals surface area contributed by atoms with Crippen molar-refractivity contribution in [3.8, 4) is 0 Å². The third-order valence-corrected chi connectivity index (χ3v) is 5.43. The van der Waals surface area contributed by atoms with Gasteiger partial charge in [-0.2, -0.15) is 17.4 Å². The first-order valence-corrected chi connectivity index (χ1v) is 7.66. The summed E-state index contributed by atoms with van der Waals surface area (Å²) in [7, 11) is -0.199. The van der Waals surface area contributed by atoms with Gasteiger partial charge in [-0.05, 0) is 19.4 Å². The lowest BCUT2D eigenvalue weighted by Gasteiger charge is -2.51. The average Bonchev–Trinajstić information content (AvgIpc) is 2.30. The van der Waals surface area contributed by atoms with Crippen LogP contribution in [0.5, 0.6) is 0 Å². The van der Waals surface area contributed by atoms with Gasteiger partial charge in [-0.25, -0.2) is 0 Å². The fourth-order valence-electron chi connectivity index (χ4n) is 2.19. The minimum Gasteiger partial charge on any atom is -0.381 e. The molecule has 6 nitrogen and oxygen atoms in total. The second-order valence-electron chi connectivity index (χ2n) is 5.42. The zero-order valence-electron chi connectivity index (χ0n) is 11.6. The Kier molecular flexibility index (Phi) is 5.13. The SMILES string of the molecule is COC1CC(NS(=O)(=O)N(C)CCCN)C1(C)C. The highest BCUT2D eigenvalue weighted by molar-refractivity contribution is 7.87. The first kappa shape index (κ1) is 15.8. The molecule has 1 saturated carbocycles. The van der Waals surface area contributed by atoms with Crippen LogP contribution in [0.4, 0.5) is 0 Å². The van der Waals surface area contributed by atoms with Crippen LogP contribution >= 0.6 is 0 Å². The highest BCUT2D eigenvalue weighted by atomic mass is 32.2. The Morgan fingerprint density at radius 3 is 2.56 bits per heavy atom. The molecule has 1 aliphatic carbocycles. The van der Waals surface area contributed by atoms with Crippen LogP contribution in [0.1, 0.15) is 26.7 Å². The molecule has 2 atom stereocenters. The summed E-state index contributed by atoms with van der Waals surface area (Å²) in [6.07, 6.45) is 1.49. The first-order chi connectivity index (χ1) is 8.25. The zero-order chi connectivity index (χ0) is 14.0. The minimum absolute atomic E-state index is 0.0761. The monoisotopic (exact) mass is 279 g/mol. The van der Waals surface area contributed by atoms with Gasteiger partial charge in [-0.1, -0.05) is 13.8 Å². The van der Waals surface area contributed by atoms with E-state index in [0.29, 0.717) is 25.9 Å². The third kappa shape index (κ3) is 3.21. The second kappa shape index (κ2) is 5.83. The van der Waals surface area contributed by atoms with E-state index in [-0.39, 0.29) is 17.6 Å². The maximum atomic E-state index is 12.1. The number of hydrogen-bond acceptors (Lipinski definition) is 4. The van der Waals surface area contributed by atoms with E-state index in [1.165, 1.54) is 4.31 Å². The highest BCUT2D eigenvalue weighted by Crippen LogP contribution is 2.42. The molecule has 0 aromatic heterocycles. The van der Waals surface area contributed by atoms with Crippen molar-refractivity contribution in [1.82, 2.24) is 9.03 Å². The maximum Gasteiger partial charge on any atom is 0.279 e. The Morgan fingerprint density at radius 1 is 1.50 bits per heavy atom. The van der Waals surface area contributed by atoms with Gasteiger partial charge in [-0.15, -0.1) is 0 Å². The number of nitrogens with one attached hydrogen (secondary N) is 1. The van der Waals surface area contributed by atoms with Gasteiger partial charge in [0.1, 0.15) is 0 Å². The Morgan fingerprint density at radius 2 is 2.11 bits per heavy atom. The quantitative estimate of drug-likeness (QED) is 0.682. The predicted octanol–water partition coefficient (Wildman–Crippen LogP) is -0.0851. The van der Waals surface area contributed by atoms with E-state index in [9.17, 15) is 8.42 Å². The molecule has 108 valence electrons.